The van der Waals surface area contributed by atoms with Gasteiger partial charge < -0.3 is 4.90 Å². The van der Waals surface area contributed by atoms with Gasteiger partial charge in [-0.05, 0) is 70.4 Å². The van der Waals surface area contributed by atoms with Crippen LogP contribution in [0.25, 0.3) is 0 Å². The Hall–Kier alpha value is -0.590. The fraction of sp³-hybridized carbons (Fsp3) is 0.944. The van der Waals surface area contributed by atoms with Gasteiger partial charge in [0.15, 0.2) is 0 Å². The minimum Gasteiger partial charge on any atom is -0.301 e. The molecule has 2 rings (SSSR count). The van der Waals surface area contributed by atoms with Crippen LogP contribution in [0.1, 0.15) is 65.2 Å². The van der Waals surface area contributed by atoms with E-state index in [9.17, 15) is 5.26 Å². The SMILES string of the molecule is CCCNC(C#N)(CN(C)C1CCC(CC)CC1)C1CC1. The molecule has 0 amide bonds. The van der Waals surface area contributed by atoms with Crippen LogP contribution in [0.3, 0.4) is 0 Å². The molecule has 2 fully saturated rings. The van der Waals surface area contributed by atoms with Crippen LogP contribution < -0.4 is 5.32 Å². The van der Waals surface area contributed by atoms with Crippen LogP contribution in [0.15, 0.2) is 0 Å². The summed E-state index contributed by atoms with van der Waals surface area (Å²) in [6.45, 7) is 6.35. The molecule has 1 N–H and O–H groups in total. The first-order valence-electron chi connectivity index (χ1n) is 9.01. The van der Waals surface area contributed by atoms with Crippen molar-refractivity contribution in [3.63, 3.8) is 0 Å². The minimum absolute atomic E-state index is 0.299. The van der Waals surface area contributed by atoms with Crippen molar-refractivity contribution in [2.24, 2.45) is 11.8 Å². The first kappa shape index (κ1) is 16.8. The van der Waals surface area contributed by atoms with Gasteiger partial charge in [0.05, 0.1) is 6.07 Å². The molecule has 2 aliphatic carbocycles. The van der Waals surface area contributed by atoms with Gasteiger partial charge in [-0.3, -0.25) is 5.32 Å². The third-order valence-corrected chi connectivity index (χ3v) is 5.68. The largest absolute Gasteiger partial charge is 0.301 e. The smallest absolute Gasteiger partial charge is 0.122 e. The molecular weight excluding hydrogens is 258 g/mol. The standard InChI is InChI=1S/C18H33N3/c1-4-12-20-18(13-19,16-8-9-16)14-21(3)17-10-6-15(5-2)7-11-17/h15-17,20H,4-12,14H2,1-3H3. The summed E-state index contributed by atoms with van der Waals surface area (Å²) in [5.41, 5.74) is -0.299. The summed E-state index contributed by atoms with van der Waals surface area (Å²) in [4.78, 5) is 2.48. The fourth-order valence-corrected chi connectivity index (χ4v) is 3.94. The van der Waals surface area contributed by atoms with Gasteiger partial charge in [0, 0.05) is 12.6 Å². The Balaban J connectivity index is 1.92. The maximum absolute atomic E-state index is 9.80. The highest BCUT2D eigenvalue weighted by Gasteiger charge is 2.46. The van der Waals surface area contributed by atoms with E-state index in [1.54, 1.807) is 0 Å². The maximum atomic E-state index is 9.80. The van der Waals surface area contributed by atoms with E-state index in [0.717, 1.165) is 25.4 Å². The minimum atomic E-state index is -0.299. The van der Waals surface area contributed by atoms with Crippen LogP contribution in [0.5, 0.6) is 0 Å². The number of hydrogen-bond acceptors (Lipinski definition) is 3. The van der Waals surface area contributed by atoms with E-state index in [1.807, 2.05) is 0 Å². The summed E-state index contributed by atoms with van der Waals surface area (Å²) in [6.07, 6.45) is 10.2. The van der Waals surface area contributed by atoms with Crippen LogP contribution in [-0.2, 0) is 0 Å². The van der Waals surface area contributed by atoms with Crippen LogP contribution >= 0.6 is 0 Å². The van der Waals surface area contributed by atoms with Crippen molar-refractivity contribution in [2.75, 3.05) is 20.1 Å². The lowest BCUT2D eigenvalue weighted by atomic mass is 9.83. The fourth-order valence-electron chi connectivity index (χ4n) is 3.94. The number of nitrogens with one attached hydrogen (secondary N) is 1. The van der Waals surface area contributed by atoms with Crippen molar-refractivity contribution in [1.82, 2.24) is 10.2 Å². The van der Waals surface area contributed by atoms with Crippen LogP contribution in [0.2, 0.25) is 0 Å². The van der Waals surface area contributed by atoms with Gasteiger partial charge in [-0.25, -0.2) is 0 Å². The number of hydrogen-bond donors (Lipinski definition) is 1. The summed E-state index contributed by atoms with van der Waals surface area (Å²) in [7, 11) is 2.24. The predicted octanol–water partition coefficient (Wildman–Crippen LogP) is 3.56. The lowest BCUT2D eigenvalue weighted by Gasteiger charge is -2.39. The van der Waals surface area contributed by atoms with Crippen molar-refractivity contribution in [3.05, 3.63) is 0 Å². The van der Waals surface area contributed by atoms with Gasteiger partial charge in [0.25, 0.3) is 0 Å². The second-order valence-corrected chi connectivity index (χ2v) is 7.28. The topological polar surface area (TPSA) is 39.1 Å². The molecule has 0 saturated heterocycles. The van der Waals surface area contributed by atoms with Crippen LogP contribution in [0.4, 0.5) is 0 Å². The Morgan fingerprint density at radius 3 is 2.29 bits per heavy atom. The zero-order valence-corrected chi connectivity index (χ0v) is 14.2. The normalized spacial score (nSPS) is 29.1. The summed E-state index contributed by atoms with van der Waals surface area (Å²) >= 11 is 0. The van der Waals surface area contributed by atoms with E-state index in [2.05, 4.69) is 37.2 Å². The molecule has 0 aromatic carbocycles. The van der Waals surface area contributed by atoms with Crippen molar-refractivity contribution in [3.8, 4) is 6.07 Å². The van der Waals surface area contributed by atoms with Crippen molar-refractivity contribution in [1.29, 1.82) is 5.26 Å². The molecule has 2 aliphatic rings. The average molecular weight is 291 g/mol. The molecule has 1 unspecified atom stereocenters. The molecule has 0 spiro atoms. The molecule has 2 saturated carbocycles. The van der Waals surface area contributed by atoms with E-state index in [-0.39, 0.29) is 5.54 Å². The van der Waals surface area contributed by atoms with Gasteiger partial charge >= 0.3 is 0 Å². The maximum Gasteiger partial charge on any atom is 0.122 e. The van der Waals surface area contributed by atoms with E-state index in [4.69, 9.17) is 0 Å². The molecular formula is C18H33N3. The highest BCUT2D eigenvalue weighted by Crippen LogP contribution is 2.40. The van der Waals surface area contributed by atoms with Crippen LogP contribution in [0, 0.1) is 23.2 Å². The number of likely N-dealkylation sites (N-methyl/N-ethyl adjacent to an activating group) is 1. The quantitative estimate of drug-likeness (QED) is 0.743. The molecule has 3 heteroatoms. The molecule has 0 aromatic rings. The Morgan fingerprint density at radius 1 is 1.14 bits per heavy atom. The van der Waals surface area contributed by atoms with E-state index < -0.39 is 0 Å². The van der Waals surface area contributed by atoms with Gasteiger partial charge in [0.1, 0.15) is 5.54 Å². The Morgan fingerprint density at radius 2 is 1.81 bits per heavy atom. The van der Waals surface area contributed by atoms with Crippen molar-refractivity contribution in [2.45, 2.75) is 76.8 Å². The number of rotatable bonds is 8. The Kier molecular flexibility index (Phi) is 6.08. The highest BCUT2D eigenvalue weighted by molar-refractivity contribution is 5.16. The predicted molar refractivity (Wildman–Crippen MR) is 88.0 cm³/mol. The van der Waals surface area contributed by atoms with Crippen LogP contribution in [-0.4, -0.2) is 36.6 Å². The summed E-state index contributed by atoms with van der Waals surface area (Å²) in [5, 5.41) is 13.4. The van der Waals surface area contributed by atoms with E-state index >= 15 is 0 Å². The monoisotopic (exact) mass is 291 g/mol. The molecule has 0 heterocycles. The van der Waals surface area contributed by atoms with E-state index in [0.29, 0.717) is 12.0 Å². The zero-order valence-electron chi connectivity index (χ0n) is 14.2. The first-order chi connectivity index (χ1) is 10.1. The lowest BCUT2D eigenvalue weighted by molar-refractivity contribution is 0.129. The Bertz CT molecular complexity index is 350. The van der Waals surface area contributed by atoms with Gasteiger partial charge in [-0.1, -0.05) is 20.3 Å². The highest BCUT2D eigenvalue weighted by atomic mass is 15.2. The number of nitrogens with zero attached hydrogens (tertiary/aromatic N) is 2. The van der Waals surface area contributed by atoms with E-state index in [1.165, 1.54) is 44.9 Å². The summed E-state index contributed by atoms with van der Waals surface area (Å²) in [5.74, 6) is 1.51. The average Bonchev–Trinajstić information content (AvgIpc) is 3.36. The second kappa shape index (κ2) is 7.61. The first-order valence-corrected chi connectivity index (χ1v) is 9.01. The summed E-state index contributed by atoms with van der Waals surface area (Å²) in [6, 6.07) is 3.33. The van der Waals surface area contributed by atoms with Gasteiger partial charge in [0.2, 0.25) is 0 Å². The third kappa shape index (κ3) is 4.20. The molecule has 0 radical (unpaired) electrons. The van der Waals surface area contributed by atoms with Crippen molar-refractivity contribution < 1.29 is 0 Å². The third-order valence-electron chi connectivity index (χ3n) is 5.68. The molecule has 21 heavy (non-hydrogen) atoms. The lowest BCUT2D eigenvalue weighted by Crippen LogP contribution is -2.56. The van der Waals surface area contributed by atoms with Crippen molar-refractivity contribution >= 4 is 0 Å². The molecule has 120 valence electrons. The Labute approximate surface area is 131 Å². The molecule has 0 aromatic heterocycles. The molecule has 0 aliphatic heterocycles. The second-order valence-electron chi connectivity index (χ2n) is 7.28. The zero-order chi connectivity index (χ0) is 15.3. The molecule has 3 nitrogen and oxygen atoms in total. The molecule has 0 bridgehead atoms. The molecule has 1 atom stereocenters. The summed E-state index contributed by atoms with van der Waals surface area (Å²) < 4.78 is 0. The van der Waals surface area contributed by atoms with Gasteiger partial charge in [-0.15, -0.1) is 0 Å². The number of nitriles is 1. The van der Waals surface area contributed by atoms with Gasteiger partial charge in [-0.2, -0.15) is 5.26 Å².